The number of aromatic nitrogens is 2. The molecule has 0 bridgehead atoms. The Labute approximate surface area is 205 Å². The number of methoxy groups -OCH3 is 1. The monoisotopic (exact) mass is 510 g/mol. The van der Waals surface area contributed by atoms with Gasteiger partial charge in [0.25, 0.3) is 11.5 Å². The van der Waals surface area contributed by atoms with Gasteiger partial charge in [-0.25, -0.2) is 4.79 Å². The molecule has 2 fully saturated rings. The molecule has 14 heteroatoms. The van der Waals surface area contributed by atoms with Gasteiger partial charge in [-0.15, -0.1) is 0 Å². The molecule has 2 saturated heterocycles. The third-order valence-corrected chi connectivity index (χ3v) is 6.59. The van der Waals surface area contributed by atoms with Gasteiger partial charge in [0, 0.05) is 38.4 Å². The van der Waals surface area contributed by atoms with E-state index < -0.39 is 66.1 Å². The van der Waals surface area contributed by atoms with Crippen molar-refractivity contribution < 1.29 is 38.7 Å². The number of likely N-dealkylation sites (tertiary alicyclic amines) is 1. The number of nitrogens with one attached hydrogen (secondary N) is 1. The summed E-state index contributed by atoms with van der Waals surface area (Å²) in [6.07, 6.45) is -5.29. The van der Waals surface area contributed by atoms with Crippen molar-refractivity contribution in [2.45, 2.75) is 62.8 Å². The highest BCUT2D eigenvalue weighted by molar-refractivity contribution is 5.91. The first kappa shape index (κ1) is 26.0. The van der Waals surface area contributed by atoms with Crippen molar-refractivity contribution in [1.29, 1.82) is 0 Å². The highest BCUT2D eigenvalue weighted by atomic mass is 16.7. The van der Waals surface area contributed by atoms with E-state index in [1.807, 2.05) is 0 Å². The predicted octanol–water partition coefficient (Wildman–Crippen LogP) is -2.46. The molecule has 0 spiro atoms. The van der Waals surface area contributed by atoms with E-state index in [2.05, 4.69) is 4.98 Å². The minimum absolute atomic E-state index is 0.0174. The predicted molar refractivity (Wildman–Crippen MR) is 120 cm³/mol. The molecule has 8 atom stereocenters. The molecule has 3 aliphatic rings. The Morgan fingerprint density at radius 2 is 1.92 bits per heavy atom. The zero-order valence-electron chi connectivity index (χ0n) is 19.8. The fourth-order valence-electron chi connectivity index (χ4n) is 4.63. The van der Waals surface area contributed by atoms with Crippen LogP contribution in [-0.2, 0) is 28.5 Å². The Bertz CT molecular complexity index is 1130. The number of aliphatic hydroxyl groups is 2. The van der Waals surface area contributed by atoms with Gasteiger partial charge in [-0.2, -0.15) is 0 Å². The largest absolute Gasteiger partial charge is 0.457 e. The van der Waals surface area contributed by atoms with Gasteiger partial charge in [0.05, 0.1) is 0 Å². The van der Waals surface area contributed by atoms with Crippen LogP contribution in [0, 0.1) is 5.92 Å². The quantitative estimate of drug-likeness (QED) is 0.305. The first-order valence-corrected chi connectivity index (χ1v) is 11.6. The van der Waals surface area contributed by atoms with Crippen LogP contribution in [0.2, 0.25) is 0 Å². The van der Waals surface area contributed by atoms with Crippen LogP contribution in [0.4, 0.5) is 0 Å². The van der Waals surface area contributed by atoms with Crippen LogP contribution in [-0.4, -0.2) is 93.5 Å². The van der Waals surface area contributed by atoms with Gasteiger partial charge >= 0.3 is 5.69 Å². The van der Waals surface area contributed by atoms with Crippen LogP contribution in [0.25, 0.3) is 0 Å². The second kappa shape index (κ2) is 10.5. The lowest BCUT2D eigenvalue weighted by Crippen LogP contribution is -2.53. The first-order chi connectivity index (χ1) is 17.1. The number of ether oxygens (including phenoxy) is 4. The van der Waals surface area contributed by atoms with Gasteiger partial charge in [-0.05, 0) is 18.9 Å². The van der Waals surface area contributed by atoms with Crippen molar-refractivity contribution in [3.63, 3.8) is 0 Å². The second-order valence-electron chi connectivity index (χ2n) is 9.02. The maximum Gasteiger partial charge on any atom is 0.330 e. The fraction of sp³-hybridized carbons (Fsp3) is 0.636. The summed E-state index contributed by atoms with van der Waals surface area (Å²) < 4.78 is 23.4. The van der Waals surface area contributed by atoms with Gasteiger partial charge < -0.3 is 39.8 Å². The van der Waals surface area contributed by atoms with E-state index in [-0.39, 0.29) is 11.7 Å². The lowest BCUT2D eigenvalue weighted by atomic mass is 10.00. The molecule has 1 aromatic heterocycles. The number of hydrogen-bond acceptors (Lipinski definition) is 10. The van der Waals surface area contributed by atoms with Crippen molar-refractivity contribution in [1.82, 2.24) is 14.5 Å². The van der Waals surface area contributed by atoms with E-state index in [0.29, 0.717) is 13.1 Å². The minimum Gasteiger partial charge on any atom is -0.457 e. The summed E-state index contributed by atoms with van der Waals surface area (Å²) in [4.78, 5) is 52.6. The van der Waals surface area contributed by atoms with Crippen LogP contribution in [0.5, 0.6) is 0 Å². The molecule has 0 radical (unpaired) electrons. The standard InChI is InChI=1S/C22H30N4O10/c1-10-9-11(19(31)25-6-3-4-7-25)34-21(13(10)28)36-17(18(23)30)16-15(33-2)14(29)20(35-16)26-8-5-12(27)24-22(26)32/h5,8-10,13-17,20-21,28-29H,3-4,6-7H2,1-2H3,(H2,23,30)(H,24,27,32)/t10-,13-,14+,15-,16-,17+,20+,21+/m0/s1. The zero-order chi connectivity index (χ0) is 26.1. The van der Waals surface area contributed by atoms with Gasteiger partial charge in [0.2, 0.25) is 12.2 Å². The van der Waals surface area contributed by atoms with Crippen LogP contribution in [0.1, 0.15) is 26.0 Å². The maximum absolute atomic E-state index is 12.8. The van der Waals surface area contributed by atoms with E-state index in [0.717, 1.165) is 29.7 Å². The summed E-state index contributed by atoms with van der Waals surface area (Å²) in [5.74, 6) is -1.94. The smallest absolute Gasteiger partial charge is 0.330 e. The number of amides is 2. The summed E-state index contributed by atoms with van der Waals surface area (Å²) in [7, 11) is 1.25. The second-order valence-corrected chi connectivity index (χ2v) is 9.02. The number of rotatable bonds is 7. The molecule has 0 aromatic carbocycles. The summed E-state index contributed by atoms with van der Waals surface area (Å²) in [6, 6.07) is 1.06. The molecule has 0 aliphatic carbocycles. The Morgan fingerprint density at radius 3 is 2.53 bits per heavy atom. The summed E-state index contributed by atoms with van der Waals surface area (Å²) in [6.45, 7) is 2.83. The molecular formula is C22H30N4O10. The highest BCUT2D eigenvalue weighted by Gasteiger charge is 2.52. The summed E-state index contributed by atoms with van der Waals surface area (Å²) in [5.41, 5.74) is 4.08. The molecule has 14 nitrogen and oxygen atoms in total. The number of nitrogens with zero attached hydrogens (tertiary/aromatic N) is 2. The normalized spacial score (nSPS) is 33.2. The molecule has 3 aliphatic heterocycles. The van der Waals surface area contributed by atoms with E-state index in [1.54, 1.807) is 11.8 Å². The number of carbonyl (C=O) groups is 2. The van der Waals surface area contributed by atoms with Crippen molar-refractivity contribution in [3.8, 4) is 0 Å². The van der Waals surface area contributed by atoms with Crippen molar-refractivity contribution in [3.05, 3.63) is 44.9 Å². The van der Waals surface area contributed by atoms with E-state index in [1.165, 1.54) is 13.2 Å². The minimum atomic E-state index is -1.61. The SMILES string of the molecule is CO[C@H]1[C@@H](O)[C@H](n2ccc(=O)[nH]c2=O)O[C@@H]1[C@@H](O[C@H]1OC(C(=O)N2CCCC2)=C[C@H](C)[C@@H]1O)C(N)=O. The number of nitrogens with two attached hydrogens (primary N) is 1. The lowest BCUT2D eigenvalue weighted by Gasteiger charge is -2.36. The highest BCUT2D eigenvalue weighted by Crippen LogP contribution is 2.34. The average Bonchev–Trinajstić information content (AvgIpc) is 3.47. The molecule has 0 saturated carbocycles. The van der Waals surface area contributed by atoms with Crippen LogP contribution in [0.15, 0.2) is 33.7 Å². The molecule has 1 aromatic rings. The topological polar surface area (TPSA) is 196 Å². The van der Waals surface area contributed by atoms with Gasteiger partial charge in [-0.1, -0.05) is 6.92 Å². The zero-order valence-corrected chi connectivity index (χ0v) is 19.8. The third-order valence-electron chi connectivity index (χ3n) is 6.59. The fourth-order valence-corrected chi connectivity index (χ4v) is 4.63. The molecule has 2 amide bonds. The summed E-state index contributed by atoms with van der Waals surface area (Å²) in [5, 5.41) is 21.5. The number of primary amides is 1. The number of carbonyl (C=O) groups excluding carboxylic acids is 2. The van der Waals surface area contributed by atoms with Crippen LogP contribution in [0.3, 0.4) is 0 Å². The number of aromatic amines is 1. The number of aliphatic hydroxyl groups excluding tert-OH is 2. The molecule has 0 unspecified atom stereocenters. The first-order valence-electron chi connectivity index (χ1n) is 11.6. The molecule has 4 heterocycles. The third kappa shape index (κ3) is 4.95. The number of H-pyrrole nitrogens is 1. The Kier molecular flexibility index (Phi) is 7.61. The van der Waals surface area contributed by atoms with E-state index in [4.69, 9.17) is 24.7 Å². The average molecular weight is 511 g/mol. The van der Waals surface area contributed by atoms with Gasteiger partial charge in [-0.3, -0.25) is 23.9 Å². The van der Waals surface area contributed by atoms with Gasteiger partial charge in [0.15, 0.2) is 18.1 Å². The molecule has 5 N–H and O–H groups in total. The Hall–Kier alpha value is -3.04. The Balaban J connectivity index is 1.56. The van der Waals surface area contributed by atoms with Gasteiger partial charge in [0.1, 0.15) is 24.4 Å². The van der Waals surface area contributed by atoms with Crippen molar-refractivity contribution in [2.24, 2.45) is 11.7 Å². The van der Waals surface area contributed by atoms with E-state index in [9.17, 15) is 29.4 Å². The van der Waals surface area contributed by atoms with E-state index >= 15 is 0 Å². The van der Waals surface area contributed by atoms with Crippen LogP contribution >= 0.6 is 0 Å². The number of hydrogen-bond donors (Lipinski definition) is 4. The van der Waals surface area contributed by atoms with Crippen molar-refractivity contribution in [2.75, 3.05) is 20.2 Å². The van der Waals surface area contributed by atoms with Crippen molar-refractivity contribution >= 4 is 11.8 Å². The van der Waals surface area contributed by atoms with Crippen LogP contribution < -0.4 is 17.0 Å². The maximum atomic E-state index is 12.8. The molecule has 198 valence electrons. The lowest BCUT2D eigenvalue weighted by molar-refractivity contribution is -0.235. The summed E-state index contributed by atoms with van der Waals surface area (Å²) >= 11 is 0. The molecule has 4 rings (SSSR count). The Morgan fingerprint density at radius 1 is 1.22 bits per heavy atom. The molecular weight excluding hydrogens is 480 g/mol. The molecule has 36 heavy (non-hydrogen) atoms.